The van der Waals surface area contributed by atoms with Gasteiger partial charge in [-0.25, -0.2) is 4.98 Å². The second-order valence-corrected chi connectivity index (χ2v) is 6.04. The van der Waals surface area contributed by atoms with E-state index in [0.29, 0.717) is 29.4 Å². The monoisotopic (exact) mass is 400 g/mol. The molecule has 126 valence electrons. The zero-order valence-corrected chi connectivity index (χ0v) is 14.8. The van der Waals surface area contributed by atoms with Gasteiger partial charge in [-0.05, 0) is 40.5 Å². The van der Waals surface area contributed by atoms with Gasteiger partial charge in [0, 0.05) is 40.1 Å². The summed E-state index contributed by atoms with van der Waals surface area (Å²) in [5, 5.41) is 10.8. The van der Waals surface area contributed by atoms with Gasteiger partial charge in [-0.1, -0.05) is 6.92 Å². The van der Waals surface area contributed by atoms with Crippen molar-refractivity contribution in [1.82, 2.24) is 15.0 Å². The number of pyridine rings is 1. The summed E-state index contributed by atoms with van der Waals surface area (Å²) in [5.41, 5.74) is 1.51. The first kappa shape index (κ1) is 17.0. The summed E-state index contributed by atoms with van der Waals surface area (Å²) >= 11 is 3.34. The van der Waals surface area contributed by atoms with Crippen LogP contribution in [0.1, 0.15) is 12.6 Å². The fourth-order valence-corrected chi connectivity index (χ4v) is 2.48. The molecule has 0 amide bonds. The number of aryl methyl sites for hydroxylation is 1. The SMILES string of the molecule is CCc1cc(Oc2cncc(Br)c2)nc(-c2ccc([N+](=O)[O-])cc2)n1. The number of halogens is 1. The lowest BCUT2D eigenvalue weighted by molar-refractivity contribution is -0.384. The summed E-state index contributed by atoms with van der Waals surface area (Å²) in [4.78, 5) is 23.3. The molecule has 0 unspecified atom stereocenters. The highest BCUT2D eigenvalue weighted by Gasteiger charge is 2.11. The Balaban J connectivity index is 1.95. The molecular weight excluding hydrogens is 388 g/mol. The van der Waals surface area contributed by atoms with Crippen molar-refractivity contribution in [2.75, 3.05) is 0 Å². The largest absolute Gasteiger partial charge is 0.437 e. The minimum absolute atomic E-state index is 0.0204. The standard InChI is InChI=1S/C17H13BrN4O3/c1-2-13-8-16(25-15-7-12(18)9-19-10-15)21-17(20-13)11-3-5-14(6-4-11)22(23)24/h3-10H,2H2,1H3. The molecule has 0 spiro atoms. The maximum absolute atomic E-state index is 10.8. The van der Waals surface area contributed by atoms with E-state index >= 15 is 0 Å². The smallest absolute Gasteiger partial charge is 0.269 e. The van der Waals surface area contributed by atoms with E-state index < -0.39 is 4.92 Å². The molecule has 0 aliphatic rings. The lowest BCUT2D eigenvalue weighted by atomic mass is 10.2. The van der Waals surface area contributed by atoms with Crippen LogP contribution < -0.4 is 4.74 Å². The maximum atomic E-state index is 10.8. The number of aromatic nitrogens is 3. The number of non-ortho nitro benzene ring substituents is 1. The van der Waals surface area contributed by atoms with Gasteiger partial charge in [0.25, 0.3) is 5.69 Å². The number of hydrogen-bond acceptors (Lipinski definition) is 6. The van der Waals surface area contributed by atoms with Crippen LogP contribution in [0.25, 0.3) is 11.4 Å². The molecule has 0 aliphatic heterocycles. The predicted octanol–water partition coefficient (Wildman–Crippen LogP) is 4.56. The fourth-order valence-electron chi connectivity index (χ4n) is 2.14. The average Bonchev–Trinajstić information content (AvgIpc) is 2.61. The molecular formula is C17H13BrN4O3. The number of hydrogen-bond donors (Lipinski definition) is 0. The van der Waals surface area contributed by atoms with Gasteiger partial charge in [0.1, 0.15) is 5.75 Å². The third-order valence-corrected chi connectivity index (χ3v) is 3.79. The van der Waals surface area contributed by atoms with E-state index in [2.05, 4.69) is 30.9 Å². The van der Waals surface area contributed by atoms with Crippen molar-refractivity contribution in [2.45, 2.75) is 13.3 Å². The van der Waals surface area contributed by atoms with Crippen LogP contribution in [-0.2, 0) is 6.42 Å². The minimum Gasteiger partial charge on any atom is -0.437 e. The molecule has 2 heterocycles. The molecule has 1 aromatic carbocycles. The lowest BCUT2D eigenvalue weighted by Crippen LogP contribution is -1.98. The van der Waals surface area contributed by atoms with Crippen molar-refractivity contribution < 1.29 is 9.66 Å². The van der Waals surface area contributed by atoms with E-state index in [1.54, 1.807) is 36.7 Å². The number of nitrogens with zero attached hydrogens (tertiary/aromatic N) is 4. The molecule has 0 N–H and O–H groups in total. The quantitative estimate of drug-likeness (QED) is 0.460. The molecule has 3 rings (SSSR count). The van der Waals surface area contributed by atoms with Crippen LogP contribution in [0.5, 0.6) is 11.6 Å². The summed E-state index contributed by atoms with van der Waals surface area (Å²) in [7, 11) is 0. The van der Waals surface area contributed by atoms with Crippen LogP contribution in [0.3, 0.4) is 0 Å². The average molecular weight is 401 g/mol. The molecule has 7 nitrogen and oxygen atoms in total. The van der Waals surface area contributed by atoms with E-state index in [-0.39, 0.29) is 5.69 Å². The van der Waals surface area contributed by atoms with Crippen molar-refractivity contribution in [3.63, 3.8) is 0 Å². The summed E-state index contributed by atoms with van der Waals surface area (Å²) in [6, 6.07) is 9.64. The van der Waals surface area contributed by atoms with Crippen molar-refractivity contribution >= 4 is 21.6 Å². The van der Waals surface area contributed by atoms with Gasteiger partial charge < -0.3 is 4.74 Å². The number of rotatable bonds is 5. The number of nitro groups is 1. The van der Waals surface area contributed by atoms with Crippen molar-refractivity contribution in [1.29, 1.82) is 0 Å². The van der Waals surface area contributed by atoms with Gasteiger partial charge in [-0.3, -0.25) is 15.1 Å². The van der Waals surface area contributed by atoms with Crippen LogP contribution in [0.4, 0.5) is 5.69 Å². The van der Waals surface area contributed by atoms with Crippen LogP contribution in [0, 0.1) is 10.1 Å². The summed E-state index contributed by atoms with van der Waals surface area (Å²) in [6.45, 7) is 1.98. The Bertz CT molecular complexity index is 916. The molecule has 8 heteroatoms. The first-order valence-electron chi connectivity index (χ1n) is 7.46. The zero-order valence-electron chi connectivity index (χ0n) is 13.2. The third-order valence-electron chi connectivity index (χ3n) is 3.36. The highest BCUT2D eigenvalue weighted by molar-refractivity contribution is 9.10. The van der Waals surface area contributed by atoms with Crippen LogP contribution in [0.2, 0.25) is 0 Å². The Kier molecular flexibility index (Phi) is 4.99. The second kappa shape index (κ2) is 7.35. The Labute approximate surface area is 152 Å². The molecule has 0 fully saturated rings. The van der Waals surface area contributed by atoms with Gasteiger partial charge in [0.15, 0.2) is 5.82 Å². The highest BCUT2D eigenvalue weighted by Crippen LogP contribution is 2.26. The minimum atomic E-state index is -0.443. The van der Waals surface area contributed by atoms with Crippen LogP contribution in [-0.4, -0.2) is 19.9 Å². The molecule has 0 saturated heterocycles. The highest BCUT2D eigenvalue weighted by atomic mass is 79.9. The van der Waals surface area contributed by atoms with E-state index in [0.717, 1.165) is 10.2 Å². The van der Waals surface area contributed by atoms with Gasteiger partial charge in [0.2, 0.25) is 5.88 Å². The molecule has 0 bridgehead atoms. The molecule has 0 saturated carbocycles. The first-order chi connectivity index (χ1) is 12.0. The lowest BCUT2D eigenvalue weighted by Gasteiger charge is -2.09. The first-order valence-corrected chi connectivity index (χ1v) is 8.25. The Hall–Kier alpha value is -2.87. The maximum Gasteiger partial charge on any atom is 0.269 e. The van der Waals surface area contributed by atoms with Gasteiger partial charge >= 0.3 is 0 Å². The van der Waals surface area contributed by atoms with Gasteiger partial charge in [-0.2, -0.15) is 4.98 Å². The van der Waals surface area contributed by atoms with E-state index in [9.17, 15) is 10.1 Å². The summed E-state index contributed by atoms with van der Waals surface area (Å²) in [5.74, 6) is 1.39. The third kappa shape index (κ3) is 4.16. The number of nitro benzene ring substituents is 1. The molecule has 3 aromatic rings. The van der Waals surface area contributed by atoms with Gasteiger partial charge in [-0.15, -0.1) is 0 Å². The number of benzene rings is 1. The van der Waals surface area contributed by atoms with Crippen LogP contribution >= 0.6 is 15.9 Å². The summed E-state index contributed by atoms with van der Waals surface area (Å²) < 4.78 is 6.57. The topological polar surface area (TPSA) is 91.0 Å². The predicted molar refractivity (Wildman–Crippen MR) is 95.5 cm³/mol. The fraction of sp³-hybridized carbons (Fsp3) is 0.118. The van der Waals surface area contributed by atoms with Crippen molar-refractivity contribution in [3.05, 3.63) is 69.1 Å². The van der Waals surface area contributed by atoms with Gasteiger partial charge in [0.05, 0.1) is 11.1 Å². The molecule has 0 radical (unpaired) electrons. The van der Waals surface area contributed by atoms with Crippen molar-refractivity contribution in [2.24, 2.45) is 0 Å². The molecule has 25 heavy (non-hydrogen) atoms. The Morgan fingerprint density at radius 1 is 1.16 bits per heavy atom. The van der Waals surface area contributed by atoms with E-state index in [4.69, 9.17) is 4.74 Å². The summed E-state index contributed by atoms with van der Waals surface area (Å²) in [6.07, 6.45) is 3.95. The number of ether oxygens (including phenoxy) is 1. The van der Waals surface area contributed by atoms with Crippen molar-refractivity contribution in [3.8, 4) is 23.0 Å². The molecule has 0 atom stereocenters. The zero-order chi connectivity index (χ0) is 17.8. The Morgan fingerprint density at radius 2 is 1.92 bits per heavy atom. The second-order valence-electron chi connectivity index (χ2n) is 5.12. The van der Waals surface area contributed by atoms with Crippen LogP contribution in [0.15, 0.2) is 53.3 Å². The van der Waals surface area contributed by atoms with E-state index in [1.807, 2.05) is 6.92 Å². The normalized spacial score (nSPS) is 10.5. The molecule has 2 aromatic heterocycles. The Morgan fingerprint density at radius 3 is 2.56 bits per heavy atom. The molecule has 0 aliphatic carbocycles. The van der Waals surface area contributed by atoms with E-state index in [1.165, 1.54) is 12.1 Å².